The average Bonchev–Trinajstić information content (AvgIpc) is 3.06. The van der Waals surface area contributed by atoms with Crippen LogP contribution in [0.3, 0.4) is 0 Å². The van der Waals surface area contributed by atoms with Gasteiger partial charge in [-0.2, -0.15) is 0 Å². The van der Waals surface area contributed by atoms with E-state index in [1.54, 1.807) is 6.20 Å². The van der Waals surface area contributed by atoms with Crippen molar-refractivity contribution in [3.8, 4) is 0 Å². The lowest BCUT2D eigenvalue weighted by Crippen LogP contribution is -2.49. The first kappa shape index (κ1) is 12.9. The average molecular weight is 273 g/mol. The van der Waals surface area contributed by atoms with Crippen LogP contribution in [-0.4, -0.2) is 44.6 Å². The maximum atomic E-state index is 12.7. The van der Waals surface area contributed by atoms with E-state index in [0.717, 1.165) is 18.9 Å². The van der Waals surface area contributed by atoms with Gasteiger partial charge in [0.15, 0.2) is 0 Å². The molecular weight excluding hydrogens is 254 g/mol. The number of hydrogen-bond acceptors (Lipinski definition) is 3. The molecule has 0 saturated carbocycles. The van der Waals surface area contributed by atoms with Crippen LogP contribution in [0.25, 0.3) is 0 Å². The molecule has 1 N–H and O–H groups in total. The summed E-state index contributed by atoms with van der Waals surface area (Å²) in [7, 11) is 3.85. The number of carbonyl (C=O) groups is 1. The molecule has 1 amide bonds. The molecule has 1 fully saturated rings. The molecule has 20 heavy (non-hydrogen) atoms. The quantitative estimate of drug-likeness (QED) is 0.869. The van der Waals surface area contributed by atoms with Gasteiger partial charge >= 0.3 is 0 Å². The smallest absolute Gasteiger partial charge is 0.271 e. The van der Waals surface area contributed by atoms with Crippen LogP contribution in [0.15, 0.2) is 30.7 Å². The van der Waals surface area contributed by atoms with E-state index in [4.69, 9.17) is 0 Å². The van der Waals surface area contributed by atoms with Crippen LogP contribution in [0.2, 0.25) is 0 Å². The van der Waals surface area contributed by atoms with E-state index < -0.39 is 0 Å². The third-order valence-corrected chi connectivity index (χ3v) is 3.82. The Hall–Kier alpha value is -2.08. The van der Waals surface area contributed by atoms with Crippen molar-refractivity contribution >= 4 is 5.91 Å². The van der Waals surface area contributed by atoms with E-state index >= 15 is 0 Å². The number of imidazole rings is 1. The zero-order valence-electron chi connectivity index (χ0n) is 11.8. The summed E-state index contributed by atoms with van der Waals surface area (Å²) in [5.74, 6) is 0.978. The molecule has 0 aliphatic carbocycles. The van der Waals surface area contributed by atoms with Crippen LogP contribution in [-0.2, 0) is 14.1 Å². The number of carbonyl (C=O) groups excluding carboxylic acids is 1. The van der Waals surface area contributed by atoms with Crippen LogP contribution in [0.4, 0.5) is 0 Å². The van der Waals surface area contributed by atoms with Gasteiger partial charge < -0.3 is 19.4 Å². The van der Waals surface area contributed by atoms with E-state index in [1.807, 2.05) is 52.7 Å². The van der Waals surface area contributed by atoms with Gasteiger partial charge in [0, 0.05) is 52.3 Å². The third-order valence-electron chi connectivity index (χ3n) is 3.82. The van der Waals surface area contributed by atoms with Gasteiger partial charge in [-0.15, -0.1) is 0 Å². The predicted octanol–water partition coefficient (Wildman–Crippen LogP) is 0.545. The van der Waals surface area contributed by atoms with Gasteiger partial charge in [-0.05, 0) is 12.1 Å². The Morgan fingerprint density at radius 2 is 2.20 bits per heavy atom. The molecule has 1 atom stereocenters. The van der Waals surface area contributed by atoms with Crippen molar-refractivity contribution in [2.75, 3.05) is 19.6 Å². The molecule has 2 aromatic heterocycles. The lowest BCUT2D eigenvalue weighted by molar-refractivity contribution is 0.0611. The number of piperazine rings is 1. The van der Waals surface area contributed by atoms with Crippen LogP contribution < -0.4 is 5.32 Å². The van der Waals surface area contributed by atoms with Crippen LogP contribution in [0.1, 0.15) is 22.4 Å². The maximum absolute atomic E-state index is 12.7. The van der Waals surface area contributed by atoms with E-state index in [0.29, 0.717) is 12.2 Å². The van der Waals surface area contributed by atoms with Gasteiger partial charge in [-0.1, -0.05) is 0 Å². The largest absolute Gasteiger partial charge is 0.347 e. The summed E-state index contributed by atoms with van der Waals surface area (Å²) in [6.07, 6.45) is 5.58. The standard InChI is InChI=1S/C14H19N5O/c1-17-7-3-4-11(17)14(20)19-9-5-15-10-12(19)13-16-6-8-18(13)2/h3-4,6-8,12,15H,5,9-10H2,1-2H3. The molecule has 1 aliphatic heterocycles. The topological polar surface area (TPSA) is 55.1 Å². The first-order valence-electron chi connectivity index (χ1n) is 6.78. The van der Waals surface area contributed by atoms with Crippen LogP contribution >= 0.6 is 0 Å². The molecule has 6 nitrogen and oxygen atoms in total. The van der Waals surface area contributed by atoms with Crippen molar-refractivity contribution in [2.45, 2.75) is 6.04 Å². The molecule has 0 spiro atoms. The molecule has 0 radical (unpaired) electrons. The minimum absolute atomic E-state index is 0.0221. The first-order valence-corrected chi connectivity index (χ1v) is 6.78. The van der Waals surface area contributed by atoms with Crippen molar-refractivity contribution in [1.29, 1.82) is 0 Å². The zero-order chi connectivity index (χ0) is 14.1. The van der Waals surface area contributed by atoms with Gasteiger partial charge in [0.05, 0.1) is 0 Å². The summed E-state index contributed by atoms with van der Waals surface area (Å²) in [6.45, 7) is 2.25. The van der Waals surface area contributed by atoms with Crippen molar-refractivity contribution in [2.24, 2.45) is 14.1 Å². The fourth-order valence-electron chi connectivity index (χ4n) is 2.71. The highest BCUT2D eigenvalue weighted by Crippen LogP contribution is 2.22. The van der Waals surface area contributed by atoms with Crippen molar-refractivity contribution in [3.63, 3.8) is 0 Å². The minimum Gasteiger partial charge on any atom is -0.347 e. The fourth-order valence-corrected chi connectivity index (χ4v) is 2.71. The number of amides is 1. The molecular formula is C14H19N5O. The Labute approximate surface area is 118 Å². The summed E-state index contributed by atoms with van der Waals surface area (Å²) in [5.41, 5.74) is 0.714. The van der Waals surface area contributed by atoms with Gasteiger partial charge in [-0.3, -0.25) is 4.79 Å². The normalized spacial score (nSPS) is 19.3. The zero-order valence-corrected chi connectivity index (χ0v) is 11.8. The second-order valence-electron chi connectivity index (χ2n) is 5.12. The number of nitrogens with one attached hydrogen (secondary N) is 1. The Bertz CT molecular complexity index is 615. The maximum Gasteiger partial charge on any atom is 0.271 e. The van der Waals surface area contributed by atoms with Crippen LogP contribution in [0, 0.1) is 0 Å². The molecule has 3 rings (SSSR count). The fraction of sp³-hybridized carbons (Fsp3) is 0.429. The Kier molecular flexibility index (Phi) is 3.31. The summed E-state index contributed by atoms with van der Waals surface area (Å²) in [5, 5.41) is 3.34. The van der Waals surface area contributed by atoms with Crippen LogP contribution in [0.5, 0.6) is 0 Å². The van der Waals surface area contributed by atoms with E-state index in [9.17, 15) is 4.79 Å². The molecule has 3 heterocycles. The second-order valence-corrected chi connectivity index (χ2v) is 5.12. The molecule has 0 bridgehead atoms. The van der Waals surface area contributed by atoms with Gasteiger partial charge in [0.2, 0.25) is 0 Å². The summed E-state index contributed by atoms with van der Waals surface area (Å²) >= 11 is 0. The number of rotatable bonds is 2. The van der Waals surface area contributed by atoms with Gasteiger partial charge in [0.25, 0.3) is 5.91 Å². The highest BCUT2D eigenvalue weighted by Gasteiger charge is 2.31. The Balaban J connectivity index is 1.92. The van der Waals surface area contributed by atoms with Gasteiger partial charge in [0.1, 0.15) is 17.6 Å². The predicted molar refractivity (Wildman–Crippen MR) is 75.3 cm³/mol. The lowest BCUT2D eigenvalue weighted by Gasteiger charge is -2.35. The molecule has 1 unspecified atom stereocenters. The number of nitrogens with zero attached hydrogens (tertiary/aromatic N) is 4. The summed E-state index contributed by atoms with van der Waals surface area (Å²) < 4.78 is 3.84. The highest BCUT2D eigenvalue weighted by atomic mass is 16.2. The van der Waals surface area contributed by atoms with E-state index in [-0.39, 0.29) is 11.9 Å². The molecule has 1 aliphatic rings. The SMILES string of the molecule is Cn1cccc1C(=O)N1CCNCC1c1nccn1C. The lowest BCUT2D eigenvalue weighted by atomic mass is 10.1. The third kappa shape index (κ3) is 2.12. The molecule has 2 aromatic rings. The number of hydrogen-bond donors (Lipinski definition) is 1. The first-order chi connectivity index (χ1) is 9.68. The van der Waals surface area contributed by atoms with E-state index in [2.05, 4.69) is 10.3 Å². The summed E-state index contributed by atoms with van der Waals surface area (Å²) in [6, 6.07) is 3.73. The minimum atomic E-state index is -0.0221. The van der Waals surface area contributed by atoms with Crippen molar-refractivity contribution in [3.05, 3.63) is 42.2 Å². The Morgan fingerprint density at radius 1 is 1.35 bits per heavy atom. The monoisotopic (exact) mass is 273 g/mol. The van der Waals surface area contributed by atoms with Gasteiger partial charge in [-0.25, -0.2) is 4.98 Å². The molecule has 6 heteroatoms. The van der Waals surface area contributed by atoms with Crippen molar-refractivity contribution in [1.82, 2.24) is 24.3 Å². The Morgan fingerprint density at radius 3 is 2.85 bits per heavy atom. The summed E-state index contributed by atoms with van der Waals surface area (Å²) in [4.78, 5) is 19.0. The van der Waals surface area contributed by atoms with E-state index in [1.165, 1.54) is 0 Å². The number of aromatic nitrogens is 3. The molecule has 106 valence electrons. The van der Waals surface area contributed by atoms with Crippen molar-refractivity contribution < 1.29 is 4.79 Å². The number of aryl methyl sites for hydroxylation is 2. The second kappa shape index (κ2) is 5.13. The molecule has 1 saturated heterocycles. The molecule has 0 aromatic carbocycles. The highest BCUT2D eigenvalue weighted by molar-refractivity contribution is 5.93.